The van der Waals surface area contributed by atoms with Crippen LogP contribution in [0.3, 0.4) is 0 Å². The van der Waals surface area contributed by atoms with E-state index in [1.165, 1.54) is 0 Å². The van der Waals surface area contributed by atoms with Gasteiger partial charge in [-0.05, 0) is 52.2 Å². The van der Waals surface area contributed by atoms with Crippen molar-refractivity contribution in [3.8, 4) is 0 Å². The average Bonchev–Trinajstić information content (AvgIpc) is 2.64. The summed E-state index contributed by atoms with van der Waals surface area (Å²) >= 11 is 0. The minimum atomic E-state index is -0.315. The summed E-state index contributed by atoms with van der Waals surface area (Å²) in [4.78, 5) is 0. The second-order valence-electron chi connectivity index (χ2n) is 7.51. The highest BCUT2D eigenvalue weighted by Crippen LogP contribution is 2.36. The van der Waals surface area contributed by atoms with E-state index in [4.69, 9.17) is 14.0 Å². The summed E-state index contributed by atoms with van der Waals surface area (Å²) in [6.45, 7) is 11.8. The van der Waals surface area contributed by atoms with Crippen molar-refractivity contribution in [2.45, 2.75) is 51.4 Å². The summed E-state index contributed by atoms with van der Waals surface area (Å²) < 4.78 is 17.3. The average molecular weight is 304 g/mol. The lowest BCUT2D eigenvalue weighted by atomic mass is 9.79. The molecular formula is C16H25BN2O3. The molecule has 0 amide bonds. The Bertz CT molecular complexity index is 525. The maximum atomic E-state index is 6.06. The lowest BCUT2D eigenvalue weighted by molar-refractivity contribution is -0.0604. The van der Waals surface area contributed by atoms with Crippen molar-refractivity contribution in [1.82, 2.24) is 5.43 Å². The predicted molar refractivity (Wildman–Crippen MR) is 88.1 cm³/mol. The number of ether oxygens (including phenoxy) is 1. The predicted octanol–water partition coefficient (Wildman–Crippen LogP) is 1.69. The van der Waals surface area contributed by atoms with Crippen LogP contribution in [-0.4, -0.2) is 37.1 Å². The van der Waals surface area contributed by atoms with E-state index in [1.807, 2.05) is 24.3 Å². The molecular weight excluding hydrogens is 279 g/mol. The van der Waals surface area contributed by atoms with Gasteiger partial charge in [0.25, 0.3) is 0 Å². The van der Waals surface area contributed by atoms with Gasteiger partial charge in [-0.25, -0.2) is 5.43 Å². The number of anilines is 1. The highest BCUT2D eigenvalue weighted by Gasteiger charge is 2.51. The molecule has 0 radical (unpaired) electrons. The van der Waals surface area contributed by atoms with Crippen LogP contribution in [0.25, 0.3) is 0 Å². The summed E-state index contributed by atoms with van der Waals surface area (Å²) in [5.74, 6) is 0. The molecule has 22 heavy (non-hydrogen) atoms. The van der Waals surface area contributed by atoms with Crippen LogP contribution in [0.5, 0.6) is 0 Å². The molecule has 0 atom stereocenters. The molecule has 0 aromatic heterocycles. The summed E-state index contributed by atoms with van der Waals surface area (Å²) in [6.07, 6.45) is 0. The van der Waals surface area contributed by atoms with E-state index >= 15 is 0 Å². The van der Waals surface area contributed by atoms with E-state index in [0.717, 1.165) is 24.4 Å². The summed E-state index contributed by atoms with van der Waals surface area (Å²) in [7, 11) is -0.315. The Morgan fingerprint density at radius 2 is 1.45 bits per heavy atom. The normalized spacial score (nSPS) is 24.9. The molecule has 1 aromatic carbocycles. The number of benzene rings is 1. The Hall–Kier alpha value is -1.08. The largest absolute Gasteiger partial charge is 0.494 e. The van der Waals surface area contributed by atoms with Crippen LogP contribution >= 0.6 is 0 Å². The SMILES string of the molecule is CC1(NNc2ccc(B3OC(C)(C)C(C)(C)O3)cc2)COC1. The van der Waals surface area contributed by atoms with Gasteiger partial charge in [-0.3, -0.25) is 0 Å². The zero-order chi connectivity index (χ0) is 16.0. The van der Waals surface area contributed by atoms with Gasteiger partial charge in [-0.15, -0.1) is 0 Å². The van der Waals surface area contributed by atoms with Crippen LogP contribution in [0.15, 0.2) is 24.3 Å². The van der Waals surface area contributed by atoms with Gasteiger partial charge < -0.3 is 19.5 Å². The fourth-order valence-corrected chi connectivity index (χ4v) is 2.41. The number of rotatable bonds is 4. The van der Waals surface area contributed by atoms with Crippen LogP contribution in [0, 0.1) is 0 Å². The van der Waals surface area contributed by atoms with Crippen LogP contribution in [0.4, 0.5) is 5.69 Å². The molecule has 1 aromatic rings. The van der Waals surface area contributed by atoms with E-state index < -0.39 is 0 Å². The van der Waals surface area contributed by atoms with Gasteiger partial charge in [-0.1, -0.05) is 12.1 Å². The maximum Gasteiger partial charge on any atom is 0.494 e. The van der Waals surface area contributed by atoms with E-state index in [2.05, 4.69) is 45.5 Å². The highest BCUT2D eigenvalue weighted by atomic mass is 16.7. The third kappa shape index (κ3) is 2.88. The second-order valence-corrected chi connectivity index (χ2v) is 7.51. The molecule has 2 N–H and O–H groups in total. The van der Waals surface area contributed by atoms with Crippen molar-refractivity contribution >= 4 is 18.3 Å². The fraction of sp³-hybridized carbons (Fsp3) is 0.625. The molecule has 2 heterocycles. The lowest BCUT2D eigenvalue weighted by Gasteiger charge is -2.39. The first kappa shape index (κ1) is 15.8. The highest BCUT2D eigenvalue weighted by molar-refractivity contribution is 6.62. The minimum Gasteiger partial charge on any atom is -0.399 e. The number of nitrogens with one attached hydrogen (secondary N) is 2. The number of hydrazine groups is 1. The molecule has 120 valence electrons. The number of hydrogen-bond donors (Lipinski definition) is 2. The van der Waals surface area contributed by atoms with Gasteiger partial charge in [0.05, 0.1) is 30.0 Å². The smallest absolute Gasteiger partial charge is 0.399 e. The molecule has 0 unspecified atom stereocenters. The third-order valence-electron chi connectivity index (χ3n) is 4.79. The standard InChI is InChI=1S/C16H25BN2O3/c1-14(2)15(3,4)22-17(21-14)12-6-8-13(9-7-12)18-19-16(5)10-20-11-16/h6-9,18-19H,10-11H2,1-5H3. The van der Waals surface area contributed by atoms with Crippen LogP contribution in [-0.2, 0) is 14.0 Å². The molecule has 2 aliphatic heterocycles. The van der Waals surface area contributed by atoms with Crippen LogP contribution in [0.1, 0.15) is 34.6 Å². The molecule has 0 aliphatic carbocycles. The van der Waals surface area contributed by atoms with Gasteiger partial charge in [-0.2, -0.15) is 0 Å². The van der Waals surface area contributed by atoms with E-state index in [9.17, 15) is 0 Å². The Morgan fingerprint density at radius 3 is 1.91 bits per heavy atom. The van der Waals surface area contributed by atoms with E-state index in [1.54, 1.807) is 0 Å². The molecule has 2 aliphatic rings. The molecule has 0 bridgehead atoms. The van der Waals surface area contributed by atoms with Gasteiger partial charge in [0.2, 0.25) is 0 Å². The Kier molecular flexibility index (Phi) is 3.76. The number of hydrogen-bond acceptors (Lipinski definition) is 5. The molecule has 2 saturated heterocycles. The van der Waals surface area contributed by atoms with Gasteiger partial charge in [0.1, 0.15) is 0 Å². The van der Waals surface area contributed by atoms with Gasteiger partial charge in [0, 0.05) is 5.69 Å². The molecule has 0 saturated carbocycles. The summed E-state index contributed by atoms with van der Waals surface area (Å²) in [5, 5.41) is 0. The van der Waals surface area contributed by atoms with E-state index in [-0.39, 0.29) is 23.9 Å². The van der Waals surface area contributed by atoms with Crippen molar-refractivity contribution in [3.63, 3.8) is 0 Å². The van der Waals surface area contributed by atoms with Crippen LogP contribution < -0.4 is 16.3 Å². The first-order valence-corrected chi connectivity index (χ1v) is 7.77. The van der Waals surface area contributed by atoms with Crippen LogP contribution in [0.2, 0.25) is 0 Å². The minimum absolute atomic E-state index is 0.0182. The van der Waals surface area contributed by atoms with Gasteiger partial charge >= 0.3 is 7.12 Å². The third-order valence-corrected chi connectivity index (χ3v) is 4.79. The van der Waals surface area contributed by atoms with Crippen molar-refractivity contribution < 1.29 is 14.0 Å². The second kappa shape index (κ2) is 5.23. The summed E-state index contributed by atoms with van der Waals surface area (Å²) in [5.41, 5.74) is 7.95. The van der Waals surface area contributed by atoms with Crippen molar-refractivity contribution in [1.29, 1.82) is 0 Å². The first-order valence-electron chi connectivity index (χ1n) is 7.77. The Balaban J connectivity index is 1.62. The lowest BCUT2D eigenvalue weighted by Crippen LogP contribution is -2.59. The fourth-order valence-electron chi connectivity index (χ4n) is 2.41. The molecule has 0 spiro atoms. The molecule has 2 fully saturated rings. The Morgan fingerprint density at radius 1 is 0.909 bits per heavy atom. The zero-order valence-corrected chi connectivity index (χ0v) is 14.0. The maximum absolute atomic E-state index is 6.06. The Labute approximate surface area is 132 Å². The zero-order valence-electron chi connectivity index (χ0n) is 14.0. The summed E-state index contributed by atoms with van der Waals surface area (Å²) in [6, 6.07) is 8.12. The monoisotopic (exact) mass is 304 g/mol. The molecule has 5 nitrogen and oxygen atoms in total. The van der Waals surface area contributed by atoms with E-state index in [0.29, 0.717) is 0 Å². The van der Waals surface area contributed by atoms with Crippen molar-refractivity contribution in [2.24, 2.45) is 0 Å². The quantitative estimate of drug-likeness (QED) is 0.655. The topological polar surface area (TPSA) is 51.8 Å². The molecule has 3 rings (SSSR count). The molecule has 6 heteroatoms. The first-order chi connectivity index (χ1) is 10.2. The van der Waals surface area contributed by atoms with Crippen molar-refractivity contribution in [2.75, 3.05) is 18.6 Å². The van der Waals surface area contributed by atoms with Gasteiger partial charge in [0.15, 0.2) is 0 Å². The van der Waals surface area contributed by atoms with Crippen molar-refractivity contribution in [3.05, 3.63) is 24.3 Å².